The first-order valence-corrected chi connectivity index (χ1v) is 5.33. The third-order valence-electron chi connectivity index (χ3n) is 0.774. The van der Waals surface area contributed by atoms with Crippen LogP contribution in [0.25, 0.3) is 0 Å². The molecule has 1 heterocycles. The highest BCUT2D eigenvalue weighted by Crippen LogP contribution is 2.25. The molecule has 1 aromatic heterocycles. The fraction of sp³-hybridized carbons (Fsp3) is 0.200. The number of anilines is 1. The highest BCUT2D eigenvalue weighted by atomic mass is 79.9. The van der Waals surface area contributed by atoms with Crippen molar-refractivity contribution in [1.29, 1.82) is 0 Å². The number of halogens is 1. The minimum atomic E-state index is 0.507. The van der Waals surface area contributed by atoms with Crippen LogP contribution in [-0.2, 0) is 0 Å². The standard InChI is InChI=1S/C5H6BrN3S2/c1-3(6)2-10-5-9-8-4(7)11-5/h1-2H2,(H2,7,8). The Hall–Kier alpha value is -0.0700. The Morgan fingerprint density at radius 1 is 1.73 bits per heavy atom. The van der Waals surface area contributed by atoms with Crippen molar-refractivity contribution in [1.82, 2.24) is 10.2 Å². The molecule has 0 aliphatic carbocycles. The second kappa shape index (κ2) is 4.08. The Labute approximate surface area is 81.2 Å². The van der Waals surface area contributed by atoms with E-state index in [0.29, 0.717) is 5.13 Å². The maximum Gasteiger partial charge on any atom is 0.203 e. The van der Waals surface area contributed by atoms with Gasteiger partial charge in [-0.25, -0.2) is 0 Å². The number of aromatic nitrogens is 2. The summed E-state index contributed by atoms with van der Waals surface area (Å²) in [6.45, 7) is 3.70. The van der Waals surface area contributed by atoms with E-state index in [1.807, 2.05) is 0 Å². The zero-order chi connectivity index (χ0) is 8.27. The fourth-order valence-electron chi connectivity index (χ4n) is 0.419. The van der Waals surface area contributed by atoms with Gasteiger partial charge < -0.3 is 5.73 Å². The highest BCUT2D eigenvalue weighted by molar-refractivity contribution is 9.11. The predicted octanol–water partition coefficient (Wildman–Crippen LogP) is 2.12. The lowest BCUT2D eigenvalue weighted by Crippen LogP contribution is -1.80. The molecule has 3 nitrogen and oxygen atoms in total. The van der Waals surface area contributed by atoms with Gasteiger partial charge in [0.2, 0.25) is 5.13 Å². The predicted molar refractivity (Wildman–Crippen MR) is 53.1 cm³/mol. The summed E-state index contributed by atoms with van der Waals surface area (Å²) < 4.78 is 1.82. The summed E-state index contributed by atoms with van der Waals surface area (Å²) in [5.74, 6) is 0.800. The number of thioether (sulfide) groups is 1. The second-order valence-electron chi connectivity index (χ2n) is 1.71. The van der Waals surface area contributed by atoms with Crippen molar-refractivity contribution >= 4 is 44.2 Å². The van der Waals surface area contributed by atoms with Crippen molar-refractivity contribution in [2.24, 2.45) is 0 Å². The van der Waals surface area contributed by atoms with Crippen LogP contribution in [0.2, 0.25) is 0 Å². The topological polar surface area (TPSA) is 51.8 Å². The third kappa shape index (κ3) is 3.22. The maximum atomic E-state index is 5.38. The van der Waals surface area contributed by atoms with Crippen molar-refractivity contribution in [3.63, 3.8) is 0 Å². The molecule has 60 valence electrons. The van der Waals surface area contributed by atoms with E-state index < -0.39 is 0 Å². The van der Waals surface area contributed by atoms with Gasteiger partial charge in [0.1, 0.15) is 0 Å². The van der Waals surface area contributed by atoms with Gasteiger partial charge in [0.05, 0.1) is 0 Å². The Bertz CT molecular complexity index is 260. The molecule has 2 N–H and O–H groups in total. The summed E-state index contributed by atoms with van der Waals surface area (Å²) in [6.07, 6.45) is 0. The molecule has 1 aromatic rings. The van der Waals surface area contributed by atoms with Crippen LogP contribution in [0.1, 0.15) is 0 Å². The summed E-state index contributed by atoms with van der Waals surface area (Å²) in [5.41, 5.74) is 5.38. The van der Waals surface area contributed by atoms with E-state index in [-0.39, 0.29) is 0 Å². The molecule has 0 saturated carbocycles. The van der Waals surface area contributed by atoms with Crippen LogP contribution in [0.4, 0.5) is 5.13 Å². The molecule has 0 fully saturated rings. The highest BCUT2D eigenvalue weighted by Gasteiger charge is 2.00. The zero-order valence-electron chi connectivity index (χ0n) is 5.58. The number of nitrogen functional groups attached to an aromatic ring is 1. The lowest BCUT2D eigenvalue weighted by atomic mass is 10.8. The summed E-state index contributed by atoms with van der Waals surface area (Å²) in [4.78, 5) is 0. The summed E-state index contributed by atoms with van der Waals surface area (Å²) in [5, 5.41) is 8.01. The van der Waals surface area contributed by atoms with E-state index in [9.17, 15) is 0 Å². The van der Waals surface area contributed by atoms with Gasteiger partial charge in [-0.05, 0) is 4.48 Å². The average Bonchev–Trinajstić information content (AvgIpc) is 2.31. The molecule has 0 amide bonds. The van der Waals surface area contributed by atoms with Crippen LogP contribution in [-0.4, -0.2) is 16.0 Å². The molecule has 0 bridgehead atoms. The van der Waals surface area contributed by atoms with E-state index in [1.165, 1.54) is 11.3 Å². The van der Waals surface area contributed by atoms with Gasteiger partial charge in [0.15, 0.2) is 4.34 Å². The van der Waals surface area contributed by atoms with Gasteiger partial charge in [-0.15, -0.1) is 10.2 Å². The van der Waals surface area contributed by atoms with Crippen molar-refractivity contribution in [3.8, 4) is 0 Å². The van der Waals surface area contributed by atoms with E-state index >= 15 is 0 Å². The minimum Gasteiger partial charge on any atom is -0.374 e. The van der Waals surface area contributed by atoms with Gasteiger partial charge >= 0.3 is 0 Å². The number of nitrogens with two attached hydrogens (primary N) is 1. The summed E-state index contributed by atoms with van der Waals surface area (Å²) in [6, 6.07) is 0. The monoisotopic (exact) mass is 251 g/mol. The first kappa shape index (κ1) is 9.02. The molecular formula is C5H6BrN3S2. The number of rotatable bonds is 3. The SMILES string of the molecule is C=C(Br)CSc1nnc(N)s1. The molecule has 0 saturated heterocycles. The van der Waals surface area contributed by atoms with E-state index in [0.717, 1.165) is 14.6 Å². The Kier molecular flexibility index (Phi) is 3.35. The van der Waals surface area contributed by atoms with E-state index in [4.69, 9.17) is 5.73 Å². The molecule has 11 heavy (non-hydrogen) atoms. The van der Waals surface area contributed by atoms with Crippen LogP contribution < -0.4 is 5.73 Å². The first-order valence-electron chi connectivity index (χ1n) is 2.73. The van der Waals surface area contributed by atoms with Gasteiger partial charge in [0.25, 0.3) is 0 Å². The number of hydrogen-bond acceptors (Lipinski definition) is 5. The quantitative estimate of drug-likeness (QED) is 0.837. The Balaban J connectivity index is 2.45. The van der Waals surface area contributed by atoms with Gasteiger partial charge in [-0.2, -0.15) is 0 Å². The lowest BCUT2D eigenvalue weighted by Gasteiger charge is -1.90. The van der Waals surface area contributed by atoms with Crippen LogP contribution in [0.3, 0.4) is 0 Å². The van der Waals surface area contributed by atoms with Crippen LogP contribution in [0.15, 0.2) is 15.4 Å². The van der Waals surface area contributed by atoms with Gasteiger partial charge in [-0.1, -0.05) is 45.6 Å². The Morgan fingerprint density at radius 3 is 2.91 bits per heavy atom. The van der Waals surface area contributed by atoms with Crippen molar-refractivity contribution in [2.45, 2.75) is 4.34 Å². The summed E-state index contributed by atoms with van der Waals surface area (Å²) >= 11 is 6.20. The lowest BCUT2D eigenvalue weighted by molar-refractivity contribution is 1.02. The largest absolute Gasteiger partial charge is 0.374 e. The van der Waals surface area contributed by atoms with Crippen LogP contribution >= 0.6 is 39.0 Å². The van der Waals surface area contributed by atoms with Crippen molar-refractivity contribution < 1.29 is 0 Å². The van der Waals surface area contributed by atoms with Gasteiger partial charge in [-0.3, -0.25) is 0 Å². The van der Waals surface area contributed by atoms with Crippen LogP contribution in [0, 0.1) is 0 Å². The van der Waals surface area contributed by atoms with E-state index in [2.05, 4.69) is 32.7 Å². The molecular weight excluding hydrogens is 246 g/mol. The molecule has 1 rings (SSSR count). The summed E-state index contributed by atoms with van der Waals surface area (Å²) in [7, 11) is 0. The molecule has 0 radical (unpaired) electrons. The molecule has 0 unspecified atom stereocenters. The number of hydrogen-bond donors (Lipinski definition) is 1. The third-order valence-corrected chi connectivity index (χ3v) is 3.40. The molecule has 0 aliphatic rings. The first-order chi connectivity index (χ1) is 5.18. The number of nitrogens with zero attached hydrogens (tertiary/aromatic N) is 2. The van der Waals surface area contributed by atoms with Crippen molar-refractivity contribution in [3.05, 3.63) is 11.1 Å². The second-order valence-corrected chi connectivity index (χ2v) is 5.07. The average molecular weight is 252 g/mol. The normalized spacial score (nSPS) is 9.91. The Morgan fingerprint density at radius 2 is 2.45 bits per heavy atom. The molecule has 0 atom stereocenters. The van der Waals surface area contributed by atoms with Crippen molar-refractivity contribution in [2.75, 3.05) is 11.5 Å². The maximum absolute atomic E-state index is 5.38. The molecule has 0 spiro atoms. The van der Waals surface area contributed by atoms with Crippen LogP contribution in [0.5, 0.6) is 0 Å². The molecule has 0 aromatic carbocycles. The smallest absolute Gasteiger partial charge is 0.203 e. The zero-order valence-corrected chi connectivity index (χ0v) is 8.80. The molecule has 0 aliphatic heterocycles. The fourth-order valence-corrected chi connectivity index (χ4v) is 2.15. The van der Waals surface area contributed by atoms with Gasteiger partial charge in [0, 0.05) is 5.75 Å². The molecule has 6 heteroatoms. The van der Waals surface area contributed by atoms with E-state index in [1.54, 1.807) is 11.8 Å². The minimum absolute atomic E-state index is 0.507.